The van der Waals surface area contributed by atoms with Crippen molar-refractivity contribution in [1.29, 1.82) is 0 Å². The Hall–Kier alpha value is -0.330. The van der Waals surface area contributed by atoms with Crippen LogP contribution in [-0.4, -0.2) is 5.78 Å². The van der Waals surface area contributed by atoms with E-state index in [1.165, 1.54) is 12.8 Å². The van der Waals surface area contributed by atoms with E-state index >= 15 is 0 Å². The summed E-state index contributed by atoms with van der Waals surface area (Å²) in [6, 6.07) is 0. The van der Waals surface area contributed by atoms with E-state index in [4.69, 9.17) is 0 Å². The first kappa shape index (κ1) is 11.7. The van der Waals surface area contributed by atoms with Crippen LogP contribution in [0.15, 0.2) is 0 Å². The Morgan fingerprint density at radius 3 is 1.57 bits per heavy atom. The summed E-state index contributed by atoms with van der Waals surface area (Å²) in [6.45, 7) is 8.74. The number of Topliss-reactive ketones (excluding diaryl/α,β-unsaturated/α-hetero) is 1. The second-order valence-corrected chi connectivity index (χ2v) is 5.39. The molecule has 14 heavy (non-hydrogen) atoms. The monoisotopic (exact) mass is 196 g/mol. The van der Waals surface area contributed by atoms with Gasteiger partial charge in [0.05, 0.1) is 0 Å². The van der Waals surface area contributed by atoms with Crippen LogP contribution in [0.5, 0.6) is 0 Å². The van der Waals surface area contributed by atoms with Crippen LogP contribution >= 0.6 is 0 Å². The van der Waals surface area contributed by atoms with Crippen LogP contribution in [0.1, 0.15) is 53.4 Å². The Labute approximate surface area is 88.3 Å². The molecule has 0 aromatic heterocycles. The third-order valence-corrected chi connectivity index (χ3v) is 3.62. The van der Waals surface area contributed by atoms with Crippen molar-refractivity contribution in [1.82, 2.24) is 0 Å². The fraction of sp³-hybridized carbons (Fsp3) is 0.923. The Kier molecular flexibility index (Phi) is 4.15. The minimum Gasteiger partial charge on any atom is -0.299 e. The molecule has 1 fully saturated rings. The summed E-state index contributed by atoms with van der Waals surface area (Å²) in [4.78, 5) is 12.2. The highest BCUT2D eigenvalue weighted by molar-refractivity contribution is 5.84. The molecule has 0 radical (unpaired) electrons. The van der Waals surface area contributed by atoms with Gasteiger partial charge >= 0.3 is 0 Å². The molecule has 0 aromatic rings. The summed E-state index contributed by atoms with van der Waals surface area (Å²) in [5.74, 6) is 2.28. The topological polar surface area (TPSA) is 17.1 Å². The Morgan fingerprint density at radius 2 is 1.29 bits per heavy atom. The summed E-state index contributed by atoms with van der Waals surface area (Å²) in [7, 11) is 0. The largest absolute Gasteiger partial charge is 0.299 e. The fourth-order valence-electron chi connectivity index (χ4n) is 2.61. The molecular formula is C13H24O. The molecule has 0 aliphatic heterocycles. The van der Waals surface area contributed by atoms with Crippen molar-refractivity contribution in [2.45, 2.75) is 53.4 Å². The van der Waals surface area contributed by atoms with Crippen molar-refractivity contribution < 1.29 is 4.79 Å². The van der Waals surface area contributed by atoms with Crippen LogP contribution in [0.25, 0.3) is 0 Å². The lowest BCUT2D eigenvalue weighted by Crippen LogP contribution is -2.28. The molecule has 0 aromatic carbocycles. The molecule has 0 heterocycles. The highest BCUT2D eigenvalue weighted by Gasteiger charge is 2.32. The summed E-state index contributed by atoms with van der Waals surface area (Å²) in [5, 5.41) is 0. The van der Waals surface area contributed by atoms with Crippen molar-refractivity contribution in [3.05, 3.63) is 0 Å². The first-order chi connectivity index (χ1) is 6.54. The van der Waals surface area contributed by atoms with Gasteiger partial charge in [0.25, 0.3) is 0 Å². The van der Waals surface area contributed by atoms with Crippen LogP contribution < -0.4 is 0 Å². The summed E-state index contributed by atoms with van der Waals surface area (Å²) in [6.07, 6.45) is 4.75. The maximum absolute atomic E-state index is 12.2. The maximum atomic E-state index is 12.2. The maximum Gasteiger partial charge on any atom is 0.139 e. The summed E-state index contributed by atoms with van der Waals surface area (Å²) in [5.41, 5.74) is 0. The van der Waals surface area contributed by atoms with Crippen LogP contribution in [0.4, 0.5) is 0 Å². The molecule has 1 heteroatoms. The van der Waals surface area contributed by atoms with Crippen LogP contribution in [0, 0.1) is 23.7 Å². The Morgan fingerprint density at radius 1 is 0.929 bits per heavy atom. The molecule has 0 amide bonds. The number of rotatable bonds is 2. The second-order valence-electron chi connectivity index (χ2n) is 5.39. The average Bonchev–Trinajstić information content (AvgIpc) is 2.26. The third-order valence-electron chi connectivity index (χ3n) is 3.62. The van der Waals surface area contributed by atoms with Gasteiger partial charge in [-0.1, -0.05) is 40.5 Å². The van der Waals surface area contributed by atoms with Gasteiger partial charge in [0, 0.05) is 11.8 Å². The van der Waals surface area contributed by atoms with Gasteiger partial charge in [-0.15, -0.1) is 0 Å². The van der Waals surface area contributed by atoms with Crippen LogP contribution in [0.3, 0.4) is 0 Å². The van der Waals surface area contributed by atoms with Gasteiger partial charge in [0.1, 0.15) is 5.78 Å². The molecule has 1 saturated carbocycles. The van der Waals surface area contributed by atoms with Crippen molar-refractivity contribution in [2.75, 3.05) is 0 Å². The molecule has 82 valence electrons. The van der Waals surface area contributed by atoms with E-state index in [1.807, 2.05) is 0 Å². The van der Waals surface area contributed by atoms with Gasteiger partial charge in [-0.3, -0.25) is 4.79 Å². The van der Waals surface area contributed by atoms with Gasteiger partial charge in [-0.25, -0.2) is 0 Å². The molecule has 2 atom stereocenters. The number of carbonyl (C=O) groups excluding carboxylic acids is 1. The normalized spacial score (nSPS) is 29.7. The first-order valence-corrected chi connectivity index (χ1v) is 6.07. The Bertz CT molecular complexity index is 173. The van der Waals surface area contributed by atoms with Crippen LogP contribution in [0.2, 0.25) is 0 Å². The molecule has 0 N–H and O–H groups in total. The highest BCUT2D eigenvalue weighted by Crippen LogP contribution is 2.32. The zero-order chi connectivity index (χ0) is 10.7. The summed E-state index contributed by atoms with van der Waals surface area (Å²) >= 11 is 0. The quantitative estimate of drug-likeness (QED) is 0.616. The molecule has 0 saturated heterocycles. The van der Waals surface area contributed by atoms with E-state index in [9.17, 15) is 4.79 Å². The van der Waals surface area contributed by atoms with Crippen molar-refractivity contribution in [3.63, 3.8) is 0 Å². The van der Waals surface area contributed by atoms with E-state index in [1.54, 1.807) is 0 Å². The number of ketones is 1. The predicted octanol–water partition coefficient (Wildman–Crippen LogP) is 3.67. The first-order valence-electron chi connectivity index (χ1n) is 6.07. The average molecular weight is 196 g/mol. The van der Waals surface area contributed by atoms with E-state index in [0.717, 1.165) is 12.8 Å². The minimum atomic E-state index is 0.338. The zero-order valence-corrected chi connectivity index (χ0v) is 10.0. The molecule has 0 spiro atoms. The van der Waals surface area contributed by atoms with Gasteiger partial charge in [0.2, 0.25) is 0 Å². The molecule has 1 nitrogen and oxygen atoms in total. The predicted molar refractivity (Wildman–Crippen MR) is 60.1 cm³/mol. The van der Waals surface area contributed by atoms with Gasteiger partial charge in [-0.05, 0) is 24.7 Å². The zero-order valence-electron chi connectivity index (χ0n) is 10.0. The van der Waals surface area contributed by atoms with E-state index in [2.05, 4.69) is 27.7 Å². The lowest BCUT2D eigenvalue weighted by Gasteiger charge is -2.24. The van der Waals surface area contributed by atoms with Crippen molar-refractivity contribution in [3.8, 4) is 0 Å². The van der Waals surface area contributed by atoms with E-state index < -0.39 is 0 Å². The fourth-order valence-corrected chi connectivity index (χ4v) is 2.61. The van der Waals surface area contributed by atoms with Crippen molar-refractivity contribution in [2.24, 2.45) is 23.7 Å². The summed E-state index contributed by atoms with van der Waals surface area (Å²) < 4.78 is 0. The smallest absolute Gasteiger partial charge is 0.139 e. The van der Waals surface area contributed by atoms with E-state index in [-0.39, 0.29) is 0 Å². The lowest BCUT2D eigenvalue weighted by molar-refractivity contribution is -0.129. The van der Waals surface area contributed by atoms with Crippen molar-refractivity contribution >= 4 is 5.78 Å². The Balaban J connectivity index is 2.74. The standard InChI is InChI=1S/C13H24O/c1-9(2)11-7-5-6-8-12(10(3)4)13(11)14/h9-12H,5-8H2,1-4H3. The molecule has 1 aliphatic rings. The third kappa shape index (κ3) is 2.59. The molecule has 2 unspecified atom stereocenters. The van der Waals surface area contributed by atoms with E-state index in [0.29, 0.717) is 29.5 Å². The lowest BCUT2D eigenvalue weighted by atomic mass is 9.79. The number of hydrogen-bond donors (Lipinski definition) is 0. The number of hydrogen-bond acceptors (Lipinski definition) is 1. The SMILES string of the molecule is CC(C)C1CCCCC(C(C)C)C1=O. The molecule has 1 rings (SSSR count). The second kappa shape index (κ2) is 4.95. The minimum absolute atomic E-state index is 0.338. The van der Waals surface area contributed by atoms with Gasteiger partial charge < -0.3 is 0 Å². The molecule has 0 bridgehead atoms. The van der Waals surface area contributed by atoms with Crippen LogP contribution in [-0.2, 0) is 4.79 Å². The molecular weight excluding hydrogens is 172 g/mol. The van der Waals surface area contributed by atoms with Gasteiger partial charge in [-0.2, -0.15) is 0 Å². The molecule has 1 aliphatic carbocycles. The van der Waals surface area contributed by atoms with Gasteiger partial charge in [0.15, 0.2) is 0 Å². The number of carbonyl (C=O) groups is 1. The highest BCUT2D eigenvalue weighted by atomic mass is 16.1.